The van der Waals surface area contributed by atoms with Crippen molar-refractivity contribution >= 4 is 47.8 Å². The quantitative estimate of drug-likeness (QED) is 0.0594. The first-order chi connectivity index (χ1) is 28.1. The third kappa shape index (κ3) is 13.8. The molecule has 15 heteroatoms. The third-order valence-electron chi connectivity index (χ3n) is 11.6. The van der Waals surface area contributed by atoms with Crippen molar-refractivity contribution in [1.82, 2.24) is 35.0 Å². The Bertz CT molecular complexity index is 1610. The molecule has 59 heavy (non-hydrogen) atoms. The van der Waals surface area contributed by atoms with Crippen molar-refractivity contribution in [2.75, 3.05) is 47.9 Å². The Morgan fingerprint density at radius 1 is 1.00 bits per heavy atom. The van der Waals surface area contributed by atoms with E-state index < -0.39 is 36.3 Å². The molecule has 1 aromatic carbocycles. The number of aromatic nitrogens is 1. The van der Waals surface area contributed by atoms with Gasteiger partial charge in [-0.25, -0.2) is 4.98 Å². The van der Waals surface area contributed by atoms with Crippen molar-refractivity contribution in [3.63, 3.8) is 0 Å². The molecule has 0 radical (unpaired) electrons. The summed E-state index contributed by atoms with van der Waals surface area (Å²) in [5.74, 6) is -1.61. The van der Waals surface area contributed by atoms with Gasteiger partial charge in [0.15, 0.2) is 0 Å². The van der Waals surface area contributed by atoms with Crippen LogP contribution in [0.3, 0.4) is 0 Å². The molecule has 0 unspecified atom stereocenters. The lowest BCUT2D eigenvalue weighted by Gasteiger charge is -2.39. The van der Waals surface area contributed by atoms with Gasteiger partial charge in [-0.2, -0.15) is 0 Å². The minimum Gasteiger partial charge on any atom is -0.378 e. The number of amides is 4. The van der Waals surface area contributed by atoms with Crippen LogP contribution in [0.15, 0.2) is 54.1 Å². The van der Waals surface area contributed by atoms with Gasteiger partial charge in [0.1, 0.15) is 11.0 Å². The number of thiol groups is 1. The van der Waals surface area contributed by atoms with Crippen LogP contribution in [0.25, 0.3) is 0 Å². The first-order valence-electron chi connectivity index (χ1n) is 21.0. The van der Waals surface area contributed by atoms with Crippen LogP contribution in [-0.4, -0.2) is 128 Å². The molecule has 0 aliphatic carbocycles. The number of carbonyl (C=O) groups is 4. The van der Waals surface area contributed by atoms with Crippen LogP contribution in [-0.2, 0) is 35.1 Å². The van der Waals surface area contributed by atoms with E-state index in [2.05, 4.69) is 39.7 Å². The summed E-state index contributed by atoms with van der Waals surface area (Å²) in [6, 6.07) is 7.44. The van der Waals surface area contributed by atoms with Gasteiger partial charge in [-0.3, -0.25) is 28.8 Å². The smallest absolute Gasteiger partial charge is 0.245 e. The van der Waals surface area contributed by atoms with Gasteiger partial charge in [0.05, 0.1) is 48.7 Å². The number of benzene rings is 1. The predicted molar refractivity (Wildman–Crippen MR) is 239 cm³/mol. The summed E-state index contributed by atoms with van der Waals surface area (Å²) in [4.78, 5) is 66.5. The average molecular weight is 858 g/mol. The van der Waals surface area contributed by atoms with E-state index in [4.69, 9.17) is 9.47 Å². The fourth-order valence-electron chi connectivity index (χ4n) is 8.32. The van der Waals surface area contributed by atoms with Crippen LogP contribution in [0, 0.1) is 17.8 Å². The molecule has 0 bridgehead atoms. The molecular formula is C44H71N7O6S2. The number of thiazole rings is 1. The number of likely N-dealkylation sites (N-methyl/N-ethyl adjacent to an activating group) is 2. The van der Waals surface area contributed by atoms with Crippen molar-refractivity contribution in [2.24, 2.45) is 17.8 Å². The Hall–Kier alpha value is -3.34. The van der Waals surface area contributed by atoms with Crippen molar-refractivity contribution in [1.29, 1.82) is 0 Å². The maximum Gasteiger partial charge on any atom is 0.245 e. The zero-order valence-electron chi connectivity index (χ0n) is 37.0. The summed E-state index contributed by atoms with van der Waals surface area (Å²) in [6.45, 7) is 17.8. The van der Waals surface area contributed by atoms with Gasteiger partial charge in [0.25, 0.3) is 0 Å². The number of nitrogens with one attached hydrogen (secondary N) is 3. The van der Waals surface area contributed by atoms with E-state index in [1.165, 1.54) is 11.3 Å². The van der Waals surface area contributed by atoms with E-state index in [-0.39, 0.29) is 54.0 Å². The lowest BCUT2D eigenvalue weighted by atomic mass is 9.92. The third-order valence-corrected chi connectivity index (χ3v) is 12.7. The molecule has 2 aromatic rings. The summed E-state index contributed by atoms with van der Waals surface area (Å²) < 4.78 is 14.9. The van der Waals surface area contributed by atoms with Crippen LogP contribution < -0.4 is 15.4 Å². The Morgan fingerprint density at radius 3 is 2.25 bits per heavy atom. The molecule has 1 saturated heterocycles. The van der Waals surface area contributed by atoms with E-state index in [0.29, 0.717) is 38.9 Å². The topological polar surface area (TPSA) is 145 Å². The summed E-state index contributed by atoms with van der Waals surface area (Å²) in [5.41, 5.74) is 1.82. The van der Waals surface area contributed by atoms with Gasteiger partial charge >= 0.3 is 0 Å². The fraction of sp³-hybridized carbons (Fsp3) is 0.659. The molecule has 13 nitrogen and oxygen atoms in total. The van der Waals surface area contributed by atoms with Gasteiger partial charge in [0.2, 0.25) is 23.6 Å². The van der Waals surface area contributed by atoms with E-state index in [9.17, 15) is 19.2 Å². The summed E-state index contributed by atoms with van der Waals surface area (Å²) >= 11 is 5.58. The van der Waals surface area contributed by atoms with E-state index in [1.54, 1.807) is 32.4 Å². The standard InChI is InChI=1S/C44H71N7O6S2/c1-12-30(6)39(50(9)44(55)37(28(2)3)48-42(54)38(29(4)5)49(8)23-17-21-46-58)35(56-10)27-36(52)51-24-16-20-34(51)40(57-11)31(7)41(53)47-33(43-45-22-25-59-43)26-32-18-14-13-15-19-32/h13-15,18-19,22,25,28-29,31,33-35,37-40,46,58H,6,12,16-17,20-21,23-24,26-27H2,1-5,7-11H3,(H,47,53)(H,48,54)/t31-,33+,34+,35-,37+,38+,39+,40-/m1/s1. The molecule has 1 aromatic heterocycles. The number of nitrogens with zero attached hydrogens (tertiary/aromatic N) is 4. The van der Waals surface area contributed by atoms with E-state index >= 15 is 0 Å². The van der Waals surface area contributed by atoms with Crippen LogP contribution in [0.1, 0.15) is 90.3 Å². The highest BCUT2D eigenvalue weighted by molar-refractivity contribution is 7.78. The molecule has 0 spiro atoms. The SMILES string of the molecule is C=C(CC)[C@@H]([C@@H](CC(=O)N1CCC[C@H]1[C@H](OC)[C@@H](C)C(=O)N[C@@H](Cc1ccccc1)c1nccs1)OC)N(C)C(=O)[C@@H](NC(=O)[C@H](C(C)C)N(C)CCCNS)C(C)C. The highest BCUT2D eigenvalue weighted by Crippen LogP contribution is 2.30. The summed E-state index contributed by atoms with van der Waals surface area (Å²) in [5, 5.41) is 9.03. The van der Waals surface area contributed by atoms with Gasteiger partial charge in [-0.15, -0.1) is 11.3 Å². The van der Waals surface area contributed by atoms with Crippen LogP contribution >= 0.6 is 24.2 Å². The molecule has 3 N–H and O–H groups in total. The van der Waals surface area contributed by atoms with Crippen LogP contribution in [0.5, 0.6) is 0 Å². The summed E-state index contributed by atoms with van der Waals surface area (Å²) in [6.07, 6.45) is 3.83. The number of likely N-dealkylation sites (tertiary alicyclic amines) is 1. The van der Waals surface area contributed by atoms with Crippen molar-refractivity contribution in [2.45, 2.75) is 122 Å². The molecule has 2 heterocycles. The van der Waals surface area contributed by atoms with Gasteiger partial charge in [-0.1, -0.05) is 96.8 Å². The molecule has 8 atom stereocenters. The molecule has 4 amide bonds. The first-order valence-corrected chi connectivity index (χ1v) is 22.3. The fourth-order valence-corrected chi connectivity index (χ4v) is 9.17. The van der Waals surface area contributed by atoms with Gasteiger partial charge in [0, 0.05) is 45.9 Å². The van der Waals surface area contributed by atoms with Crippen molar-refractivity contribution in [3.8, 4) is 0 Å². The second-order valence-corrected chi connectivity index (χ2v) is 17.7. The Balaban J connectivity index is 1.78. The molecule has 330 valence electrons. The Kier molecular flexibility index (Phi) is 21.0. The average Bonchev–Trinajstić information content (AvgIpc) is 3.93. The second kappa shape index (κ2) is 24.8. The molecule has 1 fully saturated rings. The number of hydrogen-bond acceptors (Lipinski definition) is 11. The summed E-state index contributed by atoms with van der Waals surface area (Å²) in [7, 11) is 6.74. The lowest BCUT2D eigenvalue weighted by molar-refractivity contribution is -0.145. The van der Waals surface area contributed by atoms with Crippen molar-refractivity contribution < 1.29 is 28.7 Å². The Morgan fingerprint density at radius 2 is 1.69 bits per heavy atom. The highest BCUT2D eigenvalue weighted by Gasteiger charge is 2.43. The Labute approximate surface area is 363 Å². The highest BCUT2D eigenvalue weighted by atomic mass is 32.1. The van der Waals surface area contributed by atoms with Gasteiger partial charge in [-0.05, 0) is 63.1 Å². The minimum atomic E-state index is -0.817. The predicted octanol–water partition coefficient (Wildman–Crippen LogP) is 5.31. The number of hydrogen-bond donors (Lipinski definition) is 4. The molecule has 1 aliphatic rings. The second-order valence-electron chi connectivity index (χ2n) is 16.5. The number of rotatable bonds is 25. The number of ether oxygens (including phenoxy) is 2. The number of methoxy groups -OCH3 is 2. The lowest BCUT2D eigenvalue weighted by Crippen LogP contribution is -2.59. The monoisotopic (exact) mass is 857 g/mol. The minimum absolute atomic E-state index is 0.00526. The molecule has 1 aliphatic heterocycles. The van der Waals surface area contributed by atoms with E-state index in [0.717, 1.165) is 29.0 Å². The first kappa shape index (κ1) is 50.0. The van der Waals surface area contributed by atoms with Crippen LogP contribution in [0.4, 0.5) is 0 Å². The van der Waals surface area contributed by atoms with E-state index in [1.807, 2.05) is 94.1 Å². The molecule has 3 rings (SSSR count). The maximum atomic E-state index is 14.4. The molecule has 0 saturated carbocycles. The zero-order valence-corrected chi connectivity index (χ0v) is 38.7. The van der Waals surface area contributed by atoms with Gasteiger partial charge < -0.3 is 29.9 Å². The maximum absolute atomic E-state index is 14.4. The zero-order chi connectivity index (χ0) is 43.8. The normalized spacial score (nSPS) is 17.9. The van der Waals surface area contributed by atoms with Crippen LogP contribution in [0.2, 0.25) is 0 Å². The molecular weight excluding hydrogens is 787 g/mol. The largest absolute Gasteiger partial charge is 0.378 e. The number of carbonyl (C=O) groups excluding carboxylic acids is 4. The van der Waals surface area contributed by atoms with Crippen molar-refractivity contribution in [3.05, 3.63) is 64.6 Å².